The van der Waals surface area contributed by atoms with Crippen LogP contribution in [0, 0.1) is 0 Å². The predicted octanol–water partition coefficient (Wildman–Crippen LogP) is 1.01. The summed E-state index contributed by atoms with van der Waals surface area (Å²) in [5.41, 5.74) is 0.814. The number of anilines is 1. The molecule has 0 aromatic carbocycles. The van der Waals surface area contributed by atoms with E-state index in [1.54, 1.807) is 0 Å². The molecule has 0 atom stereocenters. The van der Waals surface area contributed by atoms with Crippen molar-refractivity contribution in [1.82, 2.24) is 14.8 Å². The van der Waals surface area contributed by atoms with Crippen molar-refractivity contribution in [3.63, 3.8) is 0 Å². The Bertz CT molecular complexity index is 280. The lowest BCUT2D eigenvalue weighted by Crippen LogP contribution is -2.04. The van der Waals surface area contributed by atoms with Crippen molar-refractivity contribution in [2.45, 2.75) is 10.7 Å². The largest absolute Gasteiger partial charge is 0.449 e. The van der Waals surface area contributed by atoms with Crippen LogP contribution < -0.4 is 5.73 Å². The molecule has 0 amide bonds. The molecule has 0 spiro atoms. The molecule has 0 saturated carbocycles. The van der Waals surface area contributed by atoms with Crippen LogP contribution in [0.15, 0.2) is 5.16 Å². The van der Waals surface area contributed by atoms with Crippen LogP contribution in [0.25, 0.3) is 0 Å². The average Bonchev–Trinajstić information content (AvgIpc) is 2.16. The highest BCUT2D eigenvalue weighted by Gasteiger charge is 2.32. The molecule has 12 heavy (non-hydrogen) atoms. The summed E-state index contributed by atoms with van der Waals surface area (Å²) < 4.78 is 36.4. The topological polar surface area (TPSA) is 56.7 Å². The molecule has 68 valence electrons. The smallest absolute Gasteiger partial charge is 0.368 e. The number of nitrogens with two attached hydrogens (primary N) is 1. The van der Waals surface area contributed by atoms with E-state index in [1.807, 2.05) is 0 Å². The Morgan fingerprint density at radius 2 is 2.00 bits per heavy atom. The van der Waals surface area contributed by atoms with Gasteiger partial charge in [0.25, 0.3) is 0 Å². The fourth-order valence-electron chi connectivity index (χ4n) is 0.519. The lowest BCUT2D eigenvalue weighted by atomic mass is 11.0. The van der Waals surface area contributed by atoms with E-state index in [9.17, 15) is 13.2 Å². The summed E-state index contributed by atoms with van der Waals surface area (Å²) >= 11 is -0.342. The molecule has 1 aromatic heterocycles. The summed E-state index contributed by atoms with van der Waals surface area (Å²) in [6, 6.07) is 0. The highest BCUT2D eigenvalue weighted by Crippen LogP contribution is 2.35. The number of thioether (sulfide) groups is 1. The van der Waals surface area contributed by atoms with Crippen LogP contribution in [0.2, 0.25) is 0 Å². The van der Waals surface area contributed by atoms with Gasteiger partial charge in [-0.1, -0.05) is 0 Å². The summed E-state index contributed by atoms with van der Waals surface area (Å²) in [7, 11) is 1.36. The zero-order valence-corrected chi connectivity index (χ0v) is 6.78. The monoisotopic (exact) mass is 198 g/mol. The maximum absolute atomic E-state index is 11.8. The summed E-state index contributed by atoms with van der Waals surface area (Å²) in [5, 5.41) is 6.24. The summed E-state index contributed by atoms with van der Waals surface area (Å²) in [4.78, 5) is 0. The van der Waals surface area contributed by atoms with Gasteiger partial charge in [-0.25, -0.2) is 0 Å². The van der Waals surface area contributed by atoms with Gasteiger partial charge in [-0.2, -0.15) is 13.2 Å². The minimum Gasteiger partial charge on any atom is -0.368 e. The number of alkyl halides is 3. The minimum absolute atomic E-state index is 0.0400. The molecule has 0 radical (unpaired) electrons. The molecular formula is C4H5F3N4S. The predicted molar refractivity (Wildman–Crippen MR) is 37.3 cm³/mol. The first-order valence-electron chi connectivity index (χ1n) is 2.81. The first-order valence-corrected chi connectivity index (χ1v) is 3.62. The van der Waals surface area contributed by atoms with Crippen molar-refractivity contribution < 1.29 is 13.2 Å². The van der Waals surface area contributed by atoms with Gasteiger partial charge < -0.3 is 5.73 Å². The van der Waals surface area contributed by atoms with Crippen molar-refractivity contribution in [3.05, 3.63) is 0 Å². The maximum atomic E-state index is 11.8. The van der Waals surface area contributed by atoms with Gasteiger partial charge in [-0.15, -0.1) is 10.2 Å². The van der Waals surface area contributed by atoms with Crippen LogP contribution in [0.5, 0.6) is 0 Å². The molecule has 2 N–H and O–H groups in total. The zero-order valence-electron chi connectivity index (χ0n) is 5.96. The van der Waals surface area contributed by atoms with Gasteiger partial charge in [-0.3, -0.25) is 4.57 Å². The Morgan fingerprint density at radius 1 is 1.42 bits per heavy atom. The fourth-order valence-corrected chi connectivity index (χ4v) is 1.04. The molecule has 0 bridgehead atoms. The van der Waals surface area contributed by atoms with Gasteiger partial charge in [0.15, 0.2) is 0 Å². The number of rotatable bonds is 1. The van der Waals surface area contributed by atoms with Crippen molar-refractivity contribution in [1.29, 1.82) is 0 Å². The van der Waals surface area contributed by atoms with E-state index >= 15 is 0 Å². The summed E-state index contributed by atoms with van der Waals surface area (Å²) in [6.07, 6.45) is 0. The Morgan fingerprint density at radius 3 is 2.33 bits per heavy atom. The van der Waals surface area contributed by atoms with Gasteiger partial charge in [0.2, 0.25) is 11.1 Å². The Balaban J connectivity index is 2.83. The number of hydrogen-bond acceptors (Lipinski definition) is 4. The van der Waals surface area contributed by atoms with E-state index in [-0.39, 0.29) is 22.9 Å². The average molecular weight is 198 g/mol. The van der Waals surface area contributed by atoms with Gasteiger partial charge >= 0.3 is 5.51 Å². The first-order chi connectivity index (χ1) is 5.40. The van der Waals surface area contributed by atoms with Crippen LogP contribution in [-0.4, -0.2) is 20.3 Å². The third kappa shape index (κ3) is 2.03. The highest BCUT2D eigenvalue weighted by atomic mass is 32.2. The third-order valence-electron chi connectivity index (χ3n) is 1.08. The van der Waals surface area contributed by atoms with E-state index < -0.39 is 5.51 Å². The highest BCUT2D eigenvalue weighted by molar-refractivity contribution is 8.00. The molecule has 8 heteroatoms. The molecular weight excluding hydrogens is 193 g/mol. The van der Waals surface area contributed by atoms with Crippen LogP contribution >= 0.6 is 11.8 Å². The van der Waals surface area contributed by atoms with Gasteiger partial charge in [0, 0.05) is 18.8 Å². The Kier molecular flexibility index (Phi) is 2.18. The van der Waals surface area contributed by atoms with Gasteiger partial charge in [-0.05, 0) is 0 Å². The molecule has 0 saturated heterocycles. The van der Waals surface area contributed by atoms with E-state index in [1.165, 1.54) is 7.05 Å². The van der Waals surface area contributed by atoms with Crippen LogP contribution in [0.3, 0.4) is 0 Å². The van der Waals surface area contributed by atoms with Crippen molar-refractivity contribution in [3.8, 4) is 0 Å². The lowest BCUT2D eigenvalue weighted by molar-refractivity contribution is -0.0332. The van der Waals surface area contributed by atoms with Crippen molar-refractivity contribution in [2.75, 3.05) is 5.73 Å². The molecule has 0 aliphatic heterocycles. The number of nitrogens with zero attached hydrogens (tertiary/aromatic N) is 3. The number of hydrogen-bond donors (Lipinski definition) is 1. The number of nitrogen functional groups attached to an aromatic ring is 1. The summed E-state index contributed by atoms with van der Waals surface area (Å²) in [5.74, 6) is -0.0400. The third-order valence-corrected chi connectivity index (χ3v) is 1.85. The minimum atomic E-state index is -4.35. The Labute approximate surface area is 69.9 Å². The van der Waals surface area contributed by atoms with E-state index in [2.05, 4.69) is 10.2 Å². The number of halogens is 3. The molecule has 1 aromatic rings. The van der Waals surface area contributed by atoms with Crippen LogP contribution in [0.1, 0.15) is 0 Å². The summed E-state index contributed by atoms with van der Waals surface area (Å²) in [6.45, 7) is 0. The standard InChI is InChI=1S/C4H5F3N4S/c1-11-2(8)9-10-3(11)12-4(5,6)7/h1H3,(H2,8,9). The zero-order chi connectivity index (χ0) is 9.35. The van der Waals surface area contributed by atoms with Gasteiger partial charge in [0.05, 0.1) is 0 Å². The molecule has 1 rings (SSSR count). The number of aromatic nitrogens is 3. The molecule has 4 nitrogen and oxygen atoms in total. The lowest BCUT2D eigenvalue weighted by Gasteiger charge is -2.03. The first kappa shape index (κ1) is 9.17. The van der Waals surface area contributed by atoms with Gasteiger partial charge in [0.1, 0.15) is 0 Å². The molecule has 0 aliphatic carbocycles. The Hall–Kier alpha value is -0.920. The SMILES string of the molecule is Cn1c(N)nnc1SC(F)(F)F. The maximum Gasteiger partial charge on any atom is 0.449 e. The van der Waals surface area contributed by atoms with E-state index in [4.69, 9.17) is 5.73 Å². The van der Waals surface area contributed by atoms with Crippen LogP contribution in [0.4, 0.5) is 19.1 Å². The molecule has 0 unspecified atom stereocenters. The van der Waals surface area contributed by atoms with Crippen molar-refractivity contribution >= 4 is 17.7 Å². The molecule has 0 fully saturated rings. The van der Waals surface area contributed by atoms with Crippen molar-refractivity contribution in [2.24, 2.45) is 7.05 Å². The van der Waals surface area contributed by atoms with E-state index in [0.717, 1.165) is 4.57 Å². The fraction of sp³-hybridized carbons (Fsp3) is 0.500. The second kappa shape index (κ2) is 2.85. The normalized spacial score (nSPS) is 12.0. The quantitative estimate of drug-likeness (QED) is 0.684. The molecule has 1 heterocycles. The van der Waals surface area contributed by atoms with Crippen LogP contribution in [-0.2, 0) is 7.05 Å². The van der Waals surface area contributed by atoms with E-state index in [0.29, 0.717) is 0 Å². The second-order valence-electron chi connectivity index (χ2n) is 1.95. The second-order valence-corrected chi connectivity index (χ2v) is 2.98. The molecule has 0 aliphatic rings.